The highest BCUT2D eigenvalue weighted by atomic mass is 16.7. The largest absolute Gasteiger partial charge is 0.454 e. The number of aromatic nitrogens is 2. The minimum Gasteiger partial charge on any atom is -0.454 e. The molecule has 22 heavy (non-hydrogen) atoms. The van der Waals surface area contributed by atoms with Crippen molar-refractivity contribution in [3.8, 4) is 11.5 Å². The zero-order valence-corrected chi connectivity index (χ0v) is 12.1. The lowest BCUT2D eigenvalue weighted by Gasteiger charge is -2.11. The topological polar surface area (TPSA) is 76.2 Å². The van der Waals surface area contributed by atoms with Gasteiger partial charge in [-0.2, -0.15) is 5.10 Å². The van der Waals surface area contributed by atoms with E-state index in [1.54, 1.807) is 0 Å². The summed E-state index contributed by atoms with van der Waals surface area (Å²) in [5, 5.41) is 10.1. The number of nitrogens with one attached hydrogen (secondary N) is 2. The molecule has 1 aromatic carbocycles. The van der Waals surface area contributed by atoms with Gasteiger partial charge in [-0.05, 0) is 43.4 Å². The number of hydrogen-bond donors (Lipinski definition) is 2. The van der Waals surface area contributed by atoms with Crippen molar-refractivity contribution in [1.29, 1.82) is 0 Å². The summed E-state index contributed by atoms with van der Waals surface area (Å²) in [6.07, 6.45) is 4.19. The fourth-order valence-electron chi connectivity index (χ4n) is 2.99. The third-order valence-electron chi connectivity index (χ3n) is 4.16. The number of amides is 1. The van der Waals surface area contributed by atoms with Crippen LogP contribution in [0.1, 0.15) is 40.2 Å². The van der Waals surface area contributed by atoms with Crippen LogP contribution < -0.4 is 14.8 Å². The average molecular weight is 299 g/mol. The zero-order valence-electron chi connectivity index (χ0n) is 12.1. The maximum absolute atomic E-state index is 12.3. The first-order valence-electron chi connectivity index (χ1n) is 7.54. The van der Waals surface area contributed by atoms with Crippen LogP contribution in [0, 0.1) is 0 Å². The van der Waals surface area contributed by atoms with Gasteiger partial charge in [0.2, 0.25) is 6.79 Å². The molecule has 1 aliphatic heterocycles. The highest BCUT2D eigenvalue weighted by Gasteiger charge is 2.21. The third-order valence-corrected chi connectivity index (χ3v) is 4.16. The van der Waals surface area contributed by atoms with E-state index in [1.807, 2.05) is 18.2 Å². The highest BCUT2D eigenvalue weighted by Crippen LogP contribution is 2.32. The minimum atomic E-state index is -0.128. The Bertz CT molecular complexity index is 723. The summed E-state index contributed by atoms with van der Waals surface area (Å²) in [5.74, 6) is 1.34. The van der Waals surface area contributed by atoms with Crippen LogP contribution in [0.15, 0.2) is 18.2 Å². The molecule has 114 valence electrons. The predicted molar refractivity (Wildman–Crippen MR) is 79.0 cm³/mol. The van der Waals surface area contributed by atoms with E-state index in [4.69, 9.17) is 9.47 Å². The fraction of sp³-hybridized carbons (Fsp3) is 0.375. The van der Waals surface area contributed by atoms with E-state index in [0.29, 0.717) is 12.2 Å². The van der Waals surface area contributed by atoms with Crippen molar-refractivity contribution in [1.82, 2.24) is 15.5 Å². The molecule has 2 aliphatic rings. The summed E-state index contributed by atoms with van der Waals surface area (Å²) in [5.41, 5.74) is 3.70. The summed E-state index contributed by atoms with van der Waals surface area (Å²) in [6.45, 7) is 0.696. The molecule has 0 spiro atoms. The molecule has 6 heteroatoms. The second-order valence-electron chi connectivity index (χ2n) is 5.61. The van der Waals surface area contributed by atoms with Crippen LogP contribution in [-0.4, -0.2) is 22.9 Å². The molecule has 6 nitrogen and oxygen atoms in total. The molecular weight excluding hydrogens is 282 g/mol. The Kier molecular flexibility index (Phi) is 3.21. The Morgan fingerprint density at radius 2 is 2.09 bits per heavy atom. The van der Waals surface area contributed by atoms with Crippen molar-refractivity contribution in [2.75, 3.05) is 6.79 Å². The maximum atomic E-state index is 12.3. The van der Waals surface area contributed by atoms with Crippen molar-refractivity contribution in [2.24, 2.45) is 0 Å². The summed E-state index contributed by atoms with van der Waals surface area (Å²) < 4.78 is 10.6. The molecule has 0 radical (unpaired) electrons. The van der Waals surface area contributed by atoms with Gasteiger partial charge >= 0.3 is 0 Å². The first-order chi connectivity index (χ1) is 10.8. The number of carbonyl (C=O) groups excluding carboxylic acids is 1. The van der Waals surface area contributed by atoms with Crippen LogP contribution in [0.3, 0.4) is 0 Å². The lowest BCUT2D eigenvalue weighted by atomic mass is 9.96. The second kappa shape index (κ2) is 5.36. The Morgan fingerprint density at radius 3 is 3.05 bits per heavy atom. The van der Waals surface area contributed by atoms with Crippen molar-refractivity contribution < 1.29 is 14.3 Å². The SMILES string of the molecule is O=C(NCc1ccc2c(c1)OCO2)c1n[nH]c2c1CCCC2. The van der Waals surface area contributed by atoms with Crippen molar-refractivity contribution in [2.45, 2.75) is 32.2 Å². The molecule has 4 rings (SSSR count). The highest BCUT2D eigenvalue weighted by molar-refractivity contribution is 5.94. The fourth-order valence-corrected chi connectivity index (χ4v) is 2.99. The van der Waals surface area contributed by atoms with E-state index in [0.717, 1.165) is 54.0 Å². The van der Waals surface area contributed by atoms with Crippen molar-refractivity contribution >= 4 is 5.91 Å². The molecule has 0 saturated carbocycles. The summed E-state index contributed by atoms with van der Waals surface area (Å²) in [6, 6.07) is 5.68. The molecule has 0 fully saturated rings. The zero-order chi connectivity index (χ0) is 14.9. The van der Waals surface area contributed by atoms with E-state index in [2.05, 4.69) is 15.5 Å². The van der Waals surface area contributed by atoms with Gasteiger partial charge in [0.15, 0.2) is 17.2 Å². The average Bonchev–Trinajstić information content (AvgIpc) is 3.18. The first-order valence-corrected chi connectivity index (χ1v) is 7.54. The third kappa shape index (κ3) is 2.30. The summed E-state index contributed by atoms with van der Waals surface area (Å²) >= 11 is 0. The van der Waals surface area contributed by atoms with Gasteiger partial charge < -0.3 is 14.8 Å². The number of fused-ring (bicyclic) bond motifs is 2. The number of carbonyl (C=O) groups is 1. The molecule has 0 saturated heterocycles. The van der Waals surface area contributed by atoms with Gasteiger partial charge in [0, 0.05) is 17.8 Å². The smallest absolute Gasteiger partial charge is 0.272 e. The standard InChI is InChI=1S/C16H17N3O3/c20-16(15-11-3-1-2-4-12(11)18-19-15)17-8-10-5-6-13-14(7-10)22-9-21-13/h5-7H,1-4,8-9H2,(H,17,20)(H,18,19). The molecule has 1 aliphatic carbocycles. The van der Waals surface area contributed by atoms with Crippen molar-refractivity contribution in [3.63, 3.8) is 0 Å². The molecule has 1 amide bonds. The van der Waals surface area contributed by atoms with Gasteiger partial charge in [-0.25, -0.2) is 0 Å². The van der Waals surface area contributed by atoms with Gasteiger partial charge in [-0.3, -0.25) is 9.89 Å². The Morgan fingerprint density at radius 1 is 1.23 bits per heavy atom. The molecule has 0 atom stereocenters. The Hall–Kier alpha value is -2.50. The lowest BCUT2D eigenvalue weighted by Crippen LogP contribution is -2.24. The number of ether oxygens (including phenoxy) is 2. The van der Waals surface area contributed by atoms with Gasteiger partial charge in [0.05, 0.1) is 0 Å². The van der Waals surface area contributed by atoms with Crippen LogP contribution >= 0.6 is 0 Å². The number of rotatable bonds is 3. The van der Waals surface area contributed by atoms with Gasteiger partial charge in [-0.15, -0.1) is 0 Å². The molecule has 0 bridgehead atoms. The molecule has 2 heterocycles. The van der Waals surface area contributed by atoms with Crippen molar-refractivity contribution in [3.05, 3.63) is 40.7 Å². The quantitative estimate of drug-likeness (QED) is 0.908. The Labute approximate surface area is 127 Å². The second-order valence-corrected chi connectivity index (χ2v) is 5.61. The Balaban J connectivity index is 1.45. The minimum absolute atomic E-state index is 0.128. The number of nitrogens with zero attached hydrogens (tertiary/aromatic N) is 1. The molecule has 2 aromatic rings. The molecular formula is C16H17N3O3. The van der Waals surface area contributed by atoms with E-state index in [1.165, 1.54) is 0 Å². The number of aromatic amines is 1. The van der Waals surface area contributed by atoms with E-state index in [-0.39, 0.29) is 12.7 Å². The van der Waals surface area contributed by atoms with Crippen LogP contribution in [0.5, 0.6) is 11.5 Å². The first kappa shape index (κ1) is 13.2. The monoisotopic (exact) mass is 299 g/mol. The van der Waals surface area contributed by atoms with Crippen LogP contribution in [0.2, 0.25) is 0 Å². The maximum Gasteiger partial charge on any atom is 0.272 e. The van der Waals surface area contributed by atoms with E-state index >= 15 is 0 Å². The number of hydrogen-bond acceptors (Lipinski definition) is 4. The van der Waals surface area contributed by atoms with Crippen LogP contribution in [0.4, 0.5) is 0 Å². The molecule has 0 unspecified atom stereocenters. The normalized spacial score (nSPS) is 15.5. The molecule has 2 N–H and O–H groups in total. The predicted octanol–water partition coefficient (Wildman–Crippen LogP) is 1.95. The van der Waals surface area contributed by atoms with E-state index in [9.17, 15) is 4.79 Å². The number of aryl methyl sites for hydroxylation is 1. The summed E-state index contributed by atoms with van der Waals surface area (Å²) in [7, 11) is 0. The van der Waals surface area contributed by atoms with Gasteiger partial charge in [-0.1, -0.05) is 6.07 Å². The van der Waals surface area contributed by atoms with Crippen LogP contribution in [0.25, 0.3) is 0 Å². The summed E-state index contributed by atoms with van der Waals surface area (Å²) in [4.78, 5) is 12.3. The van der Waals surface area contributed by atoms with E-state index < -0.39 is 0 Å². The van der Waals surface area contributed by atoms with Gasteiger partial charge in [0.1, 0.15) is 0 Å². The number of benzene rings is 1. The van der Waals surface area contributed by atoms with Gasteiger partial charge in [0.25, 0.3) is 5.91 Å². The van der Waals surface area contributed by atoms with Crippen LogP contribution in [-0.2, 0) is 19.4 Å². The number of H-pyrrole nitrogens is 1. The lowest BCUT2D eigenvalue weighted by molar-refractivity contribution is 0.0944. The molecule has 1 aromatic heterocycles.